The second-order valence-electron chi connectivity index (χ2n) is 8.41. The Labute approximate surface area is 161 Å². The van der Waals surface area contributed by atoms with Gasteiger partial charge in [-0.1, -0.05) is 18.2 Å². The second-order valence-corrected chi connectivity index (χ2v) is 8.41. The van der Waals surface area contributed by atoms with Crippen molar-refractivity contribution in [2.45, 2.75) is 45.4 Å². The summed E-state index contributed by atoms with van der Waals surface area (Å²) in [4.78, 5) is 20.4. The fourth-order valence-electron chi connectivity index (χ4n) is 4.68. The van der Waals surface area contributed by atoms with Crippen LogP contribution in [0.4, 0.5) is 0 Å². The third-order valence-corrected chi connectivity index (χ3v) is 5.94. The van der Waals surface area contributed by atoms with E-state index in [0.717, 1.165) is 55.1 Å². The minimum atomic E-state index is 0.0483. The highest BCUT2D eigenvalue weighted by Crippen LogP contribution is 2.22. The van der Waals surface area contributed by atoms with E-state index in [4.69, 9.17) is 4.74 Å². The highest BCUT2D eigenvalue weighted by molar-refractivity contribution is 5.78. The standard InChI is InChI=1S/C22H31N3O2/c1-16-12-25(13-17(2)27-16)14-18-7-9-24(10-8-18)15-20-11-19-5-3-4-6-21(19)23-22(20)26/h3-6,11,16-18H,7-10,12-15H2,1-2H3,(H,23,26). The molecule has 0 aliphatic carbocycles. The number of nitrogens with zero attached hydrogens (tertiary/aromatic N) is 2. The second kappa shape index (κ2) is 8.13. The highest BCUT2D eigenvalue weighted by Gasteiger charge is 2.26. The fourth-order valence-corrected chi connectivity index (χ4v) is 4.68. The molecule has 2 unspecified atom stereocenters. The summed E-state index contributed by atoms with van der Waals surface area (Å²) in [5, 5.41) is 1.11. The molecule has 5 heteroatoms. The molecule has 1 aromatic carbocycles. The number of benzene rings is 1. The van der Waals surface area contributed by atoms with Gasteiger partial charge in [-0.05, 0) is 63.2 Å². The van der Waals surface area contributed by atoms with Crippen molar-refractivity contribution in [1.29, 1.82) is 0 Å². The van der Waals surface area contributed by atoms with Crippen LogP contribution < -0.4 is 5.56 Å². The van der Waals surface area contributed by atoms with Crippen LogP contribution in [0.3, 0.4) is 0 Å². The Kier molecular flexibility index (Phi) is 5.62. The van der Waals surface area contributed by atoms with E-state index >= 15 is 0 Å². The lowest BCUT2D eigenvalue weighted by Gasteiger charge is -2.39. The number of piperidine rings is 1. The van der Waals surface area contributed by atoms with Crippen LogP contribution in [-0.2, 0) is 11.3 Å². The van der Waals surface area contributed by atoms with Crippen LogP contribution in [-0.4, -0.2) is 59.7 Å². The van der Waals surface area contributed by atoms with Gasteiger partial charge in [-0.3, -0.25) is 14.6 Å². The van der Waals surface area contributed by atoms with Gasteiger partial charge < -0.3 is 9.72 Å². The molecule has 2 fully saturated rings. The van der Waals surface area contributed by atoms with Crippen molar-refractivity contribution >= 4 is 10.9 Å². The zero-order valence-corrected chi connectivity index (χ0v) is 16.5. The van der Waals surface area contributed by atoms with Gasteiger partial charge >= 0.3 is 0 Å². The van der Waals surface area contributed by atoms with Gasteiger partial charge in [0.25, 0.3) is 5.56 Å². The molecule has 0 bridgehead atoms. The van der Waals surface area contributed by atoms with E-state index in [0.29, 0.717) is 12.2 Å². The van der Waals surface area contributed by atoms with Crippen LogP contribution in [0.1, 0.15) is 32.3 Å². The predicted octanol–water partition coefficient (Wildman–Crippen LogP) is 2.85. The predicted molar refractivity (Wildman–Crippen MR) is 109 cm³/mol. The molecule has 2 aromatic rings. The van der Waals surface area contributed by atoms with E-state index < -0.39 is 0 Å². The number of nitrogens with one attached hydrogen (secondary N) is 1. The Balaban J connectivity index is 1.32. The SMILES string of the molecule is CC1CN(CC2CCN(Cc3cc4ccccc4[nH]c3=O)CC2)CC(C)O1. The summed E-state index contributed by atoms with van der Waals surface area (Å²) in [6, 6.07) is 10.0. The van der Waals surface area contributed by atoms with Crippen molar-refractivity contribution in [2.75, 3.05) is 32.7 Å². The average Bonchev–Trinajstić information content (AvgIpc) is 2.63. The van der Waals surface area contributed by atoms with Crippen LogP contribution in [0.15, 0.2) is 35.1 Å². The lowest BCUT2D eigenvalue weighted by molar-refractivity contribution is -0.0732. The molecule has 1 aromatic heterocycles. The Morgan fingerprint density at radius 2 is 1.78 bits per heavy atom. The molecule has 2 aliphatic heterocycles. The van der Waals surface area contributed by atoms with Crippen molar-refractivity contribution in [3.8, 4) is 0 Å². The number of ether oxygens (including phenoxy) is 1. The summed E-state index contributed by atoms with van der Waals surface area (Å²) in [5.41, 5.74) is 1.84. The average molecular weight is 370 g/mol. The smallest absolute Gasteiger partial charge is 0.252 e. The van der Waals surface area contributed by atoms with Crippen LogP contribution in [0.2, 0.25) is 0 Å². The number of hydrogen-bond acceptors (Lipinski definition) is 4. The lowest BCUT2D eigenvalue weighted by Crippen LogP contribution is -2.48. The molecule has 27 heavy (non-hydrogen) atoms. The molecule has 146 valence electrons. The van der Waals surface area contributed by atoms with E-state index in [9.17, 15) is 4.79 Å². The van der Waals surface area contributed by atoms with E-state index in [2.05, 4.69) is 40.8 Å². The molecular weight excluding hydrogens is 338 g/mol. The normalized spacial score (nSPS) is 25.9. The number of pyridine rings is 1. The largest absolute Gasteiger partial charge is 0.373 e. The van der Waals surface area contributed by atoms with Gasteiger partial charge in [-0.25, -0.2) is 0 Å². The lowest BCUT2D eigenvalue weighted by atomic mass is 9.95. The first kappa shape index (κ1) is 18.7. The number of morpholine rings is 1. The summed E-state index contributed by atoms with van der Waals surface area (Å²) < 4.78 is 5.85. The summed E-state index contributed by atoms with van der Waals surface area (Å²) in [5.74, 6) is 0.758. The van der Waals surface area contributed by atoms with Gasteiger partial charge in [0.05, 0.1) is 12.2 Å². The van der Waals surface area contributed by atoms with Gasteiger partial charge in [0.2, 0.25) is 0 Å². The van der Waals surface area contributed by atoms with Crippen molar-refractivity contribution in [3.63, 3.8) is 0 Å². The number of aromatic nitrogens is 1. The first-order chi connectivity index (χ1) is 13.1. The Bertz CT molecular complexity index is 816. The third kappa shape index (κ3) is 4.60. The van der Waals surface area contributed by atoms with Gasteiger partial charge in [-0.15, -0.1) is 0 Å². The molecule has 4 rings (SSSR count). The van der Waals surface area contributed by atoms with Crippen molar-refractivity contribution in [1.82, 2.24) is 14.8 Å². The Morgan fingerprint density at radius 1 is 1.07 bits per heavy atom. The van der Waals surface area contributed by atoms with E-state index in [1.165, 1.54) is 19.4 Å². The molecule has 5 nitrogen and oxygen atoms in total. The number of H-pyrrole nitrogens is 1. The number of rotatable bonds is 4. The quantitative estimate of drug-likeness (QED) is 0.900. The maximum absolute atomic E-state index is 12.4. The minimum Gasteiger partial charge on any atom is -0.373 e. The van der Waals surface area contributed by atoms with Gasteiger partial charge in [0, 0.05) is 37.3 Å². The van der Waals surface area contributed by atoms with Crippen LogP contribution >= 0.6 is 0 Å². The van der Waals surface area contributed by atoms with E-state index in [1.807, 2.05) is 18.2 Å². The van der Waals surface area contributed by atoms with Crippen LogP contribution in [0.5, 0.6) is 0 Å². The molecule has 2 atom stereocenters. The number of para-hydroxylation sites is 1. The summed E-state index contributed by atoms with van der Waals surface area (Å²) >= 11 is 0. The van der Waals surface area contributed by atoms with E-state index in [1.54, 1.807) is 0 Å². The van der Waals surface area contributed by atoms with Gasteiger partial charge in [0.1, 0.15) is 0 Å². The number of aromatic amines is 1. The number of hydrogen-bond donors (Lipinski definition) is 1. The molecule has 2 saturated heterocycles. The highest BCUT2D eigenvalue weighted by atomic mass is 16.5. The van der Waals surface area contributed by atoms with Crippen molar-refractivity contribution in [2.24, 2.45) is 5.92 Å². The molecule has 2 aliphatic rings. The van der Waals surface area contributed by atoms with Crippen LogP contribution in [0.25, 0.3) is 10.9 Å². The fraction of sp³-hybridized carbons (Fsp3) is 0.591. The summed E-state index contributed by atoms with van der Waals surface area (Å²) in [6.07, 6.45) is 3.11. The maximum Gasteiger partial charge on any atom is 0.252 e. The number of fused-ring (bicyclic) bond motifs is 1. The molecule has 1 N–H and O–H groups in total. The third-order valence-electron chi connectivity index (χ3n) is 5.94. The van der Waals surface area contributed by atoms with Gasteiger partial charge in [-0.2, -0.15) is 0 Å². The van der Waals surface area contributed by atoms with Crippen molar-refractivity contribution in [3.05, 3.63) is 46.2 Å². The maximum atomic E-state index is 12.4. The summed E-state index contributed by atoms with van der Waals surface area (Å²) in [7, 11) is 0. The molecular formula is C22H31N3O2. The van der Waals surface area contributed by atoms with Crippen LogP contribution in [0, 0.1) is 5.92 Å². The van der Waals surface area contributed by atoms with Crippen molar-refractivity contribution < 1.29 is 4.74 Å². The topological polar surface area (TPSA) is 48.6 Å². The van der Waals surface area contributed by atoms with E-state index in [-0.39, 0.29) is 5.56 Å². The Morgan fingerprint density at radius 3 is 2.52 bits per heavy atom. The summed E-state index contributed by atoms with van der Waals surface area (Å²) in [6.45, 7) is 10.5. The minimum absolute atomic E-state index is 0.0483. The monoisotopic (exact) mass is 369 g/mol. The molecule has 0 radical (unpaired) electrons. The zero-order chi connectivity index (χ0) is 18.8. The zero-order valence-electron chi connectivity index (χ0n) is 16.5. The Hall–Kier alpha value is -1.69. The van der Waals surface area contributed by atoms with Gasteiger partial charge in [0.15, 0.2) is 0 Å². The first-order valence-electron chi connectivity index (χ1n) is 10.3. The molecule has 0 spiro atoms. The first-order valence-corrected chi connectivity index (χ1v) is 10.3. The number of likely N-dealkylation sites (tertiary alicyclic amines) is 1. The molecule has 0 saturated carbocycles. The molecule has 0 amide bonds. The molecule has 3 heterocycles.